The molecule has 1 atom stereocenters. The summed E-state index contributed by atoms with van der Waals surface area (Å²) in [7, 11) is 0. The highest BCUT2D eigenvalue weighted by molar-refractivity contribution is 5.78. The maximum atomic E-state index is 12.5. The molecule has 4 heteroatoms. The summed E-state index contributed by atoms with van der Waals surface area (Å²) in [5, 5.41) is 8.76. The summed E-state index contributed by atoms with van der Waals surface area (Å²) in [6.45, 7) is 1.43. The van der Waals surface area contributed by atoms with Crippen molar-refractivity contribution < 1.29 is 14.3 Å². The van der Waals surface area contributed by atoms with Crippen LogP contribution in [-0.2, 0) is 11.2 Å². The largest absolute Gasteiger partial charge is 0.480 e. The molecule has 0 heterocycles. The van der Waals surface area contributed by atoms with E-state index in [-0.39, 0.29) is 12.2 Å². The second-order valence-corrected chi connectivity index (χ2v) is 3.53. The molecular formula is C10H12FNO2. The lowest BCUT2D eigenvalue weighted by Crippen LogP contribution is -2.46. The van der Waals surface area contributed by atoms with Crippen molar-refractivity contribution in [1.29, 1.82) is 0 Å². The molecule has 3 nitrogen and oxygen atoms in total. The fourth-order valence-electron chi connectivity index (χ4n) is 1.10. The number of carboxylic acid groups (broad SMARTS) is 1. The highest BCUT2D eigenvalue weighted by Gasteiger charge is 2.27. The summed E-state index contributed by atoms with van der Waals surface area (Å²) in [6.07, 6.45) is 0.183. The zero-order valence-electron chi connectivity index (χ0n) is 7.83. The van der Waals surface area contributed by atoms with E-state index in [1.54, 1.807) is 0 Å². The van der Waals surface area contributed by atoms with E-state index in [0.717, 1.165) is 0 Å². The molecule has 1 rings (SSSR count). The number of benzene rings is 1. The van der Waals surface area contributed by atoms with Crippen LogP contribution in [0.4, 0.5) is 4.39 Å². The highest BCUT2D eigenvalue weighted by Crippen LogP contribution is 2.11. The van der Waals surface area contributed by atoms with Gasteiger partial charge in [0.25, 0.3) is 0 Å². The molecular weight excluding hydrogens is 184 g/mol. The Hall–Kier alpha value is -1.42. The van der Waals surface area contributed by atoms with Gasteiger partial charge in [0.05, 0.1) is 0 Å². The molecule has 1 aromatic rings. The van der Waals surface area contributed by atoms with Gasteiger partial charge in [-0.3, -0.25) is 4.79 Å². The van der Waals surface area contributed by atoms with Crippen LogP contribution in [-0.4, -0.2) is 16.6 Å². The molecule has 0 amide bonds. The lowest BCUT2D eigenvalue weighted by Gasteiger charge is -2.18. The minimum atomic E-state index is -1.31. The zero-order chi connectivity index (χ0) is 10.8. The summed E-state index contributed by atoms with van der Waals surface area (Å²) < 4.78 is 12.5. The van der Waals surface area contributed by atoms with Crippen LogP contribution in [0.15, 0.2) is 24.3 Å². The first kappa shape index (κ1) is 10.7. The van der Waals surface area contributed by atoms with Gasteiger partial charge in [0.1, 0.15) is 11.4 Å². The molecule has 76 valence electrons. The second-order valence-electron chi connectivity index (χ2n) is 3.53. The molecule has 0 aliphatic carbocycles. The Labute approximate surface area is 81.4 Å². The number of nitrogens with two attached hydrogens (primary N) is 1. The Morgan fingerprint density at radius 1 is 1.50 bits per heavy atom. The monoisotopic (exact) mass is 196 g/mol. The molecule has 14 heavy (non-hydrogen) atoms. The molecule has 0 saturated heterocycles. The topological polar surface area (TPSA) is 63.3 Å². The van der Waals surface area contributed by atoms with E-state index in [1.807, 2.05) is 0 Å². The molecule has 0 saturated carbocycles. The number of hydrogen-bond acceptors (Lipinski definition) is 2. The molecule has 1 aromatic carbocycles. The Morgan fingerprint density at radius 3 is 2.43 bits per heavy atom. The smallest absolute Gasteiger partial charge is 0.323 e. The maximum absolute atomic E-state index is 12.5. The van der Waals surface area contributed by atoms with Crippen molar-refractivity contribution in [3.05, 3.63) is 35.6 Å². The first-order valence-corrected chi connectivity index (χ1v) is 4.18. The molecule has 0 aromatic heterocycles. The number of carboxylic acids is 1. The molecule has 0 fully saturated rings. The maximum Gasteiger partial charge on any atom is 0.323 e. The van der Waals surface area contributed by atoms with Crippen molar-refractivity contribution in [2.45, 2.75) is 18.9 Å². The van der Waals surface area contributed by atoms with Gasteiger partial charge in [0, 0.05) is 6.42 Å². The van der Waals surface area contributed by atoms with Crippen molar-refractivity contribution in [3.63, 3.8) is 0 Å². The van der Waals surface area contributed by atoms with E-state index in [2.05, 4.69) is 0 Å². The standard InChI is InChI=1S/C10H12FNO2/c1-10(12,9(13)14)6-7-2-4-8(11)5-3-7/h2-5H,6,12H2,1H3,(H,13,14)/t10-/m0/s1/i11-1. The number of halogens is 1. The van der Waals surface area contributed by atoms with E-state index in [1.165, 1.54) is 31.2 Å². The molecule has 0 bridgehead atoms. The van der Waals surface area contributed by atoms with Gasteiger partial charge in [-0.05, 0) is 24.6 Å². The van der Waals surface area contributed by atoms with Crippen molar-refractivity contribution in [2.24, 2.45) is 5.73 Å². The van der Waals surface area contributed by atoms with Crippen LogP contribution in [0.25, 0.3) is 0 Å². The van der Waals surface area contributed by atoms with Gasteiger partial charge < -0.3 is 10.8 Å². The van der Waals surface area contributed by atoms with Crippen LogP contribution < -0.4 is 5.73 Å². The van der Waals surface area contributed by atoms with E-state index in [0.29, 0.717) is 5.56 Å². The van der Waals surface area contributed by atoms with E-state index < -0.39 is 11.5 Å². The van der Waals surface area contributed by atoms with Crippen molar-refractivity contribution in [3.8, 4) is 0 Å². The number of aliphatic carboxylic acids is 1. The average Bonchev–Trinajstić information content (AvgIpc) is 2.08. The lowest BCUT2D eigenvalue weighted by atomic mass is 9.94. The molecule has 0 aliphatic rings. The number of hydrogen-bond donors (Lipinski definition) is 2. The second kappa shape index (κ2) is 3.75. The summed E-state index contributed by atoms with van der Waals surface area (Å²) in [6, 6.07) is 5.63. The summed E-state index contributed by atoms with van der Waals surface area (Å²) in [4.78, 5) is 10.7. The van der Waals surface area contributed by atoms with Crippen LogP contribution in [0, 0.1) is 5.82 Å². The van der Waals surface area contributed by atoms with E-state index in [9.17, 15) is 9.18 Å². The van der Waals surface area contributed by atoms with Crippen molar-refractivity contribution in [1.82, 2.24) is 0 Å². The third-order valence-corrected chi connectivity index (χ3v) is 1.97. The summed E-state index contributed by atoms with van der Waals surface area (Å²) >= 11 is 0. The summed E-state index contributed by atoms with van der Waals surface area (Å²) in [5.74, 6) is -1.41. The summed E-state index contributed by atoms with van der Waals surface area (Å²) in [5.41, 5.74) is 4.94. The van der Waals surface area contributed by atoms with Gasteiger partial charge >= 0.3 is 5.97 Å². The average molecular weight is 196 g/mol. The van der Waals surface area contributed by atoms with Gasteiger partial charge in [-0.2, -0.15) is 0 Å². The first-order chi connectivity index (χ1) is 6.42. The SMILES string of the molecule is C[C@](N)(Cc1ccc([18F])cc1)C(=O)O. The van der Waals surface area contributed by atoms with Gasteiger partial charge in [0.15, 0.2) is 0 Å². The fraction of sp³-hybridized carbons (Fsp3) is 0.300. The third-order valence-electron chi connectivity index (χ3n) is 1.97. The first-order valence-electron chi connectivity index (χ1n) is 4.18. The van der Waals surface area contributed by atoms with Gasteiger partial charge in [0.2, 0.25) is 0 Å². The minimum absolute atomic E-state index is 0.183. The van der Waals surface area contributed by atoms with Gasteiger partial charge in [-0.25, -0.2) is 4.39 Å². The van der Waals surface area contributed by atoms with Crippen LogP contribution >= 0.6 is 0 Å². The Morgan fingerprint density at radius 2 is 2.00 bits per heavy atom. The predicted molar refractivity (Wildman–Crippen MR) is 50.3 cm³/mol. The molecule has 0 aliphatic heterocycles. The van der Waals surface area contributed by atoms with Crippen LogP contribution in [0.3, 0.4) is 0 Å². The Balaban J connectivity index is 2.79. The van der Waals surface area contributed by atoms with Crippen LogP contribution in [0.5, 0.6) is 0 Å². The fourth-order valence-corrected chi connectivity index (χ4v) is 1.10. The van der Waals surface area contributed by atoms with E-state index in [4.69, 9.17) is 10.8 Å². The quantitative estimate of drug-likeness (QED) is 0.762. The highest BCUT2D eigenvalue weighted by atomic mass is 18.2. The zero-order valence-corrected chi connectivity index (χ0v) is 7.83. The Kier molecular flexibility index (Phi) is 2.86. The predicted octanol–water partition coefficient (Wildman–Crippen LogP) is 1.17. The third kappa shape index (κ3) is 2.53. The molecule has 0 radical (unpaired) electrons. The Bertz CT molecular complexity index is 332. The van der Waals surface area contributed by atoms with Gasteiger partial charge in [-0.15, -0.1) is 0 Å². The van der Waals surface area contributed by atoms with Crippen LogP contribution in [0.1, 0.15) is 12.5 Å². The molecule has 3 N–H and O–H groups in total. The van der Waals surface area contributed by atoms with Crippen molar-refractivity contribution >= 4 is 5.97 Å². The van der Waals surface area contributed by atoms with E-state index >= 15 is 0 Å². The lowest BCUT2D eigenvalue weighted by molar-refractivity contribution is -0.142. The molecule has 0 unspecified atom stereocenters. The van der Waals surface area contributed by atoms with Crippen molar-refractivity contribution in [2.75, 3.05) is 0 Å². The number of carbonyl (C=O) groups is 1. The number of rotatable bonds is 3. The van der Waals surface area contributed by atoms with Gasteiger partial charge in [-0.1, -0.05) is 12.1 Å². The molecule has 0 spiro atoms. The van der Waals surface area contributed by atoms with Crippen LogP contribution in [0.2, 0.25) is 0 Å². The minimum Gasteiger partial charge on any atom is -0.480 e. The normalized spacial score (nSPS) is 14.8.